The second-order valence-electron chi connectivity index (χ2n) is 5.35. The number of rotatable bonds is 3. The van der Waals surface area contributed by atoms with Crippen LogP contribution in [-0.2, 0) is 9.59 Å². The van der Waals surface area contributed by atoms with Crippen molar-refractivity contribution in [3.63, 3.8) is 0 Å². The molecule has 0 heterocycles. The zero-order chi connectivity index (χ0) is 15.2. The monoisotopic (exact) mass is 335 g/mol. The summed E-state index contributed by atoms with van der Waals surface area (Å²) in [5.74, 6) is -2.70. The molecule has 0 bridgehead atoms. The van der Waals surface area contributed by atoms with Gasteiger partial charge in [0.15, 0.2) is 0 Å². The van der Waals surface area contributed by atoms with Crippen LogP contribution >= 0.6 is 34.8 Å². The number of nitrogens with one attached hydrogen (secondary N) is 1. The largest absolute Gasteiger partial charge is 0.481 e. The van der Waals surface area contributed by atoms with Crippen molar-refractivity contribution in [2.24, 2.45) is 17.3 Å². The molecule has 1 aromatic carbocycles. The van der Waals surface area contributed by atoms with Crippen LogP contribution in [0.5, 0.6) is 0 Å². The van der Waals surface area contributed by atoms with Crippen molar-refractivity contribution in [2.75, 3.05) is 5.32 Å². The van der Waals surface area contributed by atoms with Gasteiger partial charge >= 0.3 is 5.97 Å². The molecule has 20 heavy (non-hydrogen) atoms. The van der Waals surface area contributed by atoms with Gasteiger partial charge in [-0.05, 0) is 17.5 Å². The van der Waals surface area contributed by atoms with Crippen molar-refractivity contribution >= 4 is 52.4 Å². The highest BCUT2D eigenvalue weighted by atomic mass is 35.5. The first-order valence-electron chi connectivity index (χ1n) is 5.84. The topological polar surface area (TPSA) is 66.4 Å². The van der Waals surface area contributed by atoms with Crippen LogP contribution in [0, 0.1) is 17.3 Å². The summed E-state index contributed by atoms with van der Waals surface area (Å²) in [5, 5.41) is 12.4. The van der Waals surface area contributed by atoms with Crippen LogP contribution in [0.3, 0.4) is 0 Å². The van der Waals surface area contributed by atoms with Gasteiger partial charge in [-0.25, -0.2) is 0 Å². The number of hydrogen-bond donors (Lipinski definition) is 2. The molecule has 0 aliphatic heterocycles. The summed E-state index contributed by atoms with van der Waals surface area (Å²) in [5.41, 5.74) is -0.337. The van der Waals surface area contributed by atoms with Gasteiger partial charge in [-0.3, -0.25) is 9.59 Å². The van der Waals surface area contributed by atoms with E-state index in [1.54, 1.807) is 13.8 Å². The smallest absolute Gasteiger partial charge is 0.307 e. The SMILES string of the molecule is CC1(C)C(C(=O)O)C1C(=O)Nc1c(Cl)cc(Cl)cc1Cl. The number of hydrogen-bond acceptors (Lipinski definition) is 2. The Morgan fingerprint density at radius 3 is 2.05 bits per heavy atom. The molecule has 2 atom stereocenters. The molecule has 1 aromatic rings. The highest BCUT2D eigenvalue weighted by Crippen LogP contribution is 2.58. The van der Waals surface area contributed by atoms with Crippen LogP contribution in [0.2, 0.25) is 15.1 Å². The number of benzene rings is 1. The number of amides is 1. The Hall–Kier alpha value is -0.970. The van der Waals surface area contributed by atoms with E-state index >= 15 is 0 Å². The van der Waals surface area contributed by atoms with Crippen LogP contribution < -0.4 is 5.32 Å². The number of carbonyl (C=O) groups excluding carboxylic acids is 1. The second kappa shape index (κ2) is 5.10. The molecule has 1 aliphatic rings. The lowest BCUT2D eigenvalue weighted by Gasteiger charge is -2.10. The average molecular weight is 337 g/mol. The molecule has 2 rings (SSSR count). The van der Waals surface area contributed by atoms with Gasteiger partial charge in [0.05, 0.1) is 27.6 Å². The highest BCUT2D eigenvalue weighted by molar-refractivity contribution is 6.42. The van der Waals surface area contributed by atoms with Crippen molar-refractivity contribution in [1.82, 2.24) is 0 Å². The van der Waals surface area contributed by atoms with Gasteiger partial charge < -0.3 is 10.4 Å². The van der Waals surface area contributed by atoms with Gasteiger partial charge in [0.2, 0.25) is 5.91 Å². The Labute approximate surface area is 131 Å². The van der Waals surface area contributed by atoms with Gasteiger partial charge in [0.1, 0.15) is 0 Å². The fourth-order valence-electron chi connectivity index (χ4n) is 2.45. The van der Waals surface area contributed by atoms with Crippen molar-refractivity contribution in [3.8, 4) is 0 Å². The average Bonchev–Trinajstić information content (AvgIpc) is 2.86. The first-order valence-corrected chi connectivity index (χ1v) is 6.98. The molecule has 1 amide bonds. The highest BCUT2D eigenvalue weighted by Gasteiger charge is 2.65. The standard InChI is InChI=1S/C13H12Cl3NO3/c1-13(2)8(9(13)12(19)20)11(18)17-10-6(15)3-5(14)4-7(10)16/h3-4,8-9H,1-2H3,(H,17,18)(H,19,20). The van der Waals surface area contributed by atoms with Gasteiger partial charge in [-0.15, -0.1) is 0 Å². The van der Waals surface area contributed by atoms with Gasteiger partial charge in [-0.1, -0.05) is 48.7 Å². The quantitative estimate of drug-likeness (QED) is 0.878. The number of carboxylic acids is 1. The van der Waals surface area contributed by atoms with Crippen LogP contribution in [0.1, 0.15) is 13.8 Å². The molecule has 1 aliphatic carbocycles. The number of carbonyl (C=O) groups is 2. The van der Waals surface area contributed by atoms with E-state index in [0.29, 0.717) is 5.02 Å². The van der Waals surface area contributed by atoms with Crippen molar-refractivity contribution in [1.29, 1.82) is 0 Å². The molecule has 2 N–H and O–H groups in total. The van der Waals surface area contributed by atoms with Crippen LogP contribution in [0.4, 0.5) is 5.69 Å². The Balaban J connectivity index is 2.20. The van der Waals surface area contributed by atoms with Crippen LogP contribution in [-0.4, -0.2) is 17.0 Å². The van der Waals surface area contributed by atoms with E-state index in [4.69, 9.17) is 39.9 Å². The molecule has 2 unspecified atom stereocenters. The first-order chi connectivity index (χ1) is 9.16. The summed E-state index contributed by atoms with van der Waals surface area (Å²) < 4.78 is 0. The zero-order valence-corrected chi connectivity index (χ0v) is 13.0. The number of carboxylic acid groups (broad SMARTS) is 1. The van der Waals surface area contributed by atoms with Gasteiger partial charge in [0, 0.05) is 5.02 Å². The fraction of sp³-hybridized carbons (Fsp3) is 0.385. The molecule has 108 valence electrons. The van der Waals surface area contributed by atoms with E-state index < -0.39 is 29.1 Å². The number of aliphatic carboxylic acids is 1. The number of anilines is 1. The van der Waals surface area contributed by atoms with Crippen LogP contribution in [0.25, 0.3) is 0 Å². The van der Waals surface area contributed by atoms with Gasteiger partial charge in [-0.2, -0.15) is 0 Å². The molecule has 1 fully saturated rings. The third-order valence-electron chi connectivity index (χ3n) is 3.63. The fourth-order valence-corrected chi connectivity index (χ4v) is 3.36. The normalized spacial score (nSPS) is 23.2. The van der Waals surface area contributed by atoms with E-state index in [9.17, 15) is 9.59 Å². The third-order valence-corrected chi connectivity index (χ3v) is 4.45. The Morgan fingerprint density at radius 1 is 1.15 bits per heavy atom. The van der Waals surface area contributed by atoms with Gasteiger partial charge in [0.25, 0.3) is 0 Å². The second-order valence-corrected chi connectivity index (χ2v) is 6.60. The lowest BCUT2D eigenvalue weighted by Crippen LogP contribution is -2.18. The van der Waals surface area contributed by atoms with E-state index in [1.165, 1.54) is 12.1 Å². The lowest BCUT2D eigenvalue weighted by atomic mass is 10.1. The Kier molecular flexibility index (Phi) is 3.93. The van der Waals surface area contributed by atoms with Crippen LogP contribution in [0.15, 0.2) is 12.1 Å². The van der Waals surface area contributed by atoms with Crippen molar-refractivity contribution < 1.29 is 14.7 Å². The summed E-state index contributed by atoms with van der Waals surface area (Å²) in [6, 6.07) is 2.91. The van der Waals surface area contributed by atoms with E-state index in [2.05, 4.69) is 5.32 Å². The minimum Gasteiger partial charge on any atom is -0.481 e. The van der Waals surface area contributed by atoms with Crippen molar-refractivity contribution in [2.45, 2.75) is 13.8 Å². The summed E-state index contributed by atoms with van der Waals surface area (Å²) in [6.45, 7) is 3.47. The molecule has 0 radical (unpaired) electrons. The maximum atomic E-state index is 12.2. The minimum absolute atomic E-state index is 0.209. The maximum Gasteiger partial charge on any atom is 0.307 e. The summed E-state index contributed by atoms with van der Waals surface area (Å²) in [6.07, 6.45) is 0. The summed E-state index contributed by atoms with van der Waals surface area (Å²) in [4.78, 5) is 23.2. The molecule has 7 heteroatoms. The molecule has 0 saturated heterocycles. The van der Waals surface area contributed by atoms with Crippen molar-refractivity contribution in [3.05, 3.63) is 27.2 Å². The minimum atomic E-state index is -0.983. The zero-order valence-electron chi connectivity index (χ0n) is 10.7. The Bertz CT molecular complexity index is 578. The van der Waals surface area contributed by atoms with E-state index in [0.717, 1.165) is 0 Å². The van der Waals surface area contributed by atoms with E-state index in [-0.39, 0.29) is 15.7 Å². The van der Waals surface area contributed by atoms with E-state index in [1.807, 2.05) is 0 Å². The molecule has 0 spiro atoms. The molecular weight excluding hydrogens is 325 g/mol. The summed E-state index contributed by atoms with van der Waals surface area (Å²) in [7, 11) is 0. The predicted octanol–water partition coefficient (Wildman–Crippen LogP) is 3.94. The summed E-state index contributed by atoms with van der Waals surface area (Å²) >= 11 is 17.7. The Morgan fingerprint density at radius 2 is 1.65 bits per heavy atom. The molecule has 0 aromatic heterocycles. The molecule has 1 saturated carbocycles. The molecule has 4 nitrogen and oxygen atoms in total. The first kappa shape index (κ1) is 15.4. The third kappa shape index (κ3) is 2.60. The molecular formula is C13H12Cl3NO3. The maximum absolute atomic E-state index is 12.2. The number of halogens is 3. The lowest BCUT2D eigenvalue weighted by molar-refractivity contribution is -0.140. The predicted molar refractivity (Wildman–Crippen MR) is 78.5 cm³/mol.